The Labute approximate surface area is 320 Å². The molecular weight excluding hydrogens is 699 g/mol. The lowest BCUT2D eigenvalue weighted by Gasteiger charge is -2.20. The van der Waals surface area contributed by atoms with Gasteiger partial charge in [0.1, 0.15) is 12.7 Å². The van der Waals surface area contributed by atoms with Gasteiger partial charge in [0, 0.05) is 12.8 Å². The van der Waals surface area contributed by atoms with Gasteiger partial charge in [0.15, 0.2) is 6.10 Å². The number of carbonyl (C=O) groups is 2. The van der Waals surface area contributed by atoms with E-state index in [4.69, 9.17) is 19.1 Å². The maximum absolute atomic E-state index is 12.6. The van der Waals surface area contributed by atoms with Crippen molar-refractivity contribution in [2.24, 2.45) is 5.92 Å². The van der Waals surface area contributed by atoms with Crippen molar-refractivity contribution < 1.29 is 52.9 Å². The fourth-order valence-corrected chi connectivity index (χ4v) is 5.83. The average Bonchev–Trinajstić information content (AvgIpc) is 3.14. The average molecular weight is 773 g/mol. The number of aliphatic hydroxyl groups is 3. The number of phosphoric acid groups is 1. The van der Waals surface area contributed by atoms with Gasteiger partial charge in [0.05, 0.1) is 25.9 Å². The lowest BCUT2D eigenvalue weighted by molar-refractivity contribution is -0.161. The first-order chi connectivity index (χ1) is 25.5. The van der Waals surface area contributed by atoms with E-state index in [1.807, 2.05) is 18.2 Å². The van der Waals surface area contributed by atoms with Gasteiger partial charge >= 0.3 is 19.8 Å². The number of rotatable bonds is 36. The first kappa shape index (κ1) is 50.9. The highest BCUT2D eigenvalue weighted by Gasteiger charge is 2.27. The van der Waals surface area contributed by atoms with Crippen LogP contribution in [-0.4, -0.2) is 76.9 Å². The summed E-state index contributed by atoms with van der Waals surface area (Å²) in [6, 6.07) is 0. The molecule has 0 rings (SSSR count). The summed E-state index contributed by atoms with van der Waals surface area (Å²) in [5.41, 5.74) is 0. The Morgan fingerprint density at radius 3 is 2.06 bits per heavy atom. The summed E-state index contributed by atoms with van der Waals surface area (Å²) < 4.78 is 32.5. The van der Waals surface area contributed by atoms with Crippen molar-refractivity contribution in [2.45, 2.75) is 167 Å². The van der Waals surface area contributed by atoms with Crippen molar-refractivity contribution >= 4 is 19.8 Å². The van der Waals surface area contributed by atoms with Crippen molar-refractivity contribution in [3.63, 3.8) is 0 Å². The van der Waals surface area contributed by atoms with E-state index >= 15 is 0 Å². The molecule has 308 valence electrons. The van der Waals surface area contributed by atoms with E-state index in [9.17, 15) is 29.3 Å². The Hall–Kier alpha value is -2.11. The third-order valence-electron chi connectivity index (χ3n) is 8.61. The van der Waals surface area contributed by atoms with Crippen molar-refractivity contribution in [1.29, 1.82) is 0 Å². The van der Waals surface area contributed by atoms with Crippen LogP contribution in [0.1, 0.15) is 149 Å². The minimum Gasteiger partial charge on any atom is -0.462 e. The van der Waals surface area contributed by atoms with Gasteiger partial charge in [-0.1, -0.05) is 140 Å². The van der Waals surface area contributed by atoms with Crippen LogP contribution in [0.5, 0.6) is 0 Å². The molecule has 0 aromatic heterocycles. The molecule has 53 heavy (non-hydrogen) atoms. The standard InChI is InChI=1S/C41H73O11P/c1-4-6-7-8-9-10-14-18-23-28-37(43)29-24-19-16-21-26-31-41(46)52-39(35-51-53(47,48)50-33-38(44)32-42)34-49-40(45)30-25-20-15-12-11-13-17-22-27-36(3)5-2/h9-10,16,18-19,23-24,29,36-39,42-44H,4-8,11-15,17,20-22,25-28,30-35H2,1-3H3,(H,47,48)/b10-9-,19-16+,23-18-,29-24-/t36?,37?,38-,39+/m0/s1. The van der Waals surface area contributed by atoms with Gasteiger partial charge in [0.2, 0.25) is 0 Å². The van der Waals surface area contributed by atoms with Gasteiger partial charge in [-0.05, 0) is 50.9 Å². The highest BCUT2D eigenvalue weighted by molar-refractivity contribution is 7.47. The summed E-state index contributed by atoms with van der Waals surface area (Å²) in [6.07, 6.45) is 31.2. The number of phosphoric ester groups is 1. The molecule has 0 aromatic rings. The van der Waals surface area contributed by atoms with Crippen molar-refractivity contribution in [3.05, 3.63) is 48.6 Å². The normalized spacial score (nSPS) is 15.7. The zero-order valence-corrected chi connectivity index (χ0v) is 33.9. The lowest BCUT2D eigenvalue weighted by atomic mass is 9.99. The Balaban J connectivity index is 4.56. The number of esters is 2. The number of hydrogen-bond donors (Lipinski definition) is 4. The smallest absolute Gasteiger partial charge is 0.462 e. The van der Waals surface area contributed by atoms with Crippen LogP contribution < -0.4 is 0 Å². The van der Waals surface area contributed by atoms with Crippen molar-refractivity contribution in [3.8, 4) is 0 Å². The van der Waals surface area contributed by atoms with Gasteiger partial charge in [-0.25, -0.2) is 4.57 Å². The molecule has 0 spiro atoms. The van der Waals surface area contributed by atoms with Gasteiger partial charge in [-0.15, -0.1) is 0 Å². The van der Waals surface area contributed by atoms with Crippen LogP contribution in [0.3, 0.4) is 0 Å². The van der Waals surface area contributed by atoms with Crippen molar-refractivity contribution in [1.82, 2.24) is 0 Å². The van der Waals surface area contributed by atoms with Crippen LogP contribution in [0.4, 0.5) is 0 Å². The third kappa shape index (κ3) is 35.4. The molecule has 4 N–H and O–H groups in total. The molecule has 0 saturated carbocycles. The Morgan fingerprint density at radius 1 is 0.717 bits per heavy atom. The van der Waals surface area contributed by atoms with Gasteiger partial charge in [0.25, 0.3) is 0 Å². The Morgan fingerprint density at radius 2 is 1.36 bits per heavy atom. The summed E-state index contributed by atoms with van der Waals surface area (Å²) in [5, 5.41) is 28.4. The molecular formula is C41H73O11P. The number of unbranched alkanes of at least 4 members (excludes halogenated alkanes) is 11. The predicted octanol–water partition coefficient (Wildman–Crippen LogP) is 8.99. The predicted molar refractivity (Wildman–Crippen MR) is 211 cm³/mol. The SMILES string of the molecule is CCCCC/C=C\C/C=C\CC(O)/C=C\C=C\CCCC(=O)O[C@H](COC(=O)CCCCCCCCCCC(C)CC)COP(=O)(O)OC[C@@H](O)CO. The quantitative estimate of drug-likeness (QED) is 0.0158. The second kappa shape index (κ2) is 35.6. The summed E-state index contributed by atoms with van der Waals surface area (Å²) in [6.45, 7) is 4.47. The molecule has 0 bridgehead atoms. The zero-order chi connectivity index (χ0) is 39.4. The van der Waals surface area contributed by atoms with Crippen LogP contribution in [0, 0.1) is 5.92 Å². The Bertz CT molecular complexity index is 1060. The molecule has 0 aliphatic heterocycles. The number of hydrogen-bond acceptors (Lipinski definition) is 10. The van der Waals surface area contributed by atoms with Crippen LogP contribution >= 0.6 is 7.82 Å². The highest BCUT2D eigenvalue weighted by Crippen LogP contribution is 2.43. The van der Waals surface area contributed by atoms with Crippen molar-refractivity contribution in [2.75, 3.05) is 26.4 Å². The van der Waals surface area contributed by atoms with Gasteiger partial charge in [-0.3, -0.25) is 18.6 Å². The topological polar surface area (TPSA) is 169 Å². The molecule has 0 heterocycles. The molecule has 3 unspecified atom stereocenters. The van der Waals surface area contributed by atoms with E-state index < -0.39 is 57.9 Å². The van der Waals surface area contributed by atoms with Gasteiger partial charge < -0.3 is 29.7 Å². The molecule has 0 aromatic carbocycles. The van der Waals surface area contributed by atoms with E-state index in [2.05, 4.69) is 37.4 Å². The molecule has 0 aliphatic rings. The number of ether oxygens (including phenoxy) is 2. The number of aliphatic hydroxyl groups excluding tert-OH is 3. The minimum absolute atomic E-state index is 0.0484. The van der Waals surface area contributed by atoms with E-state index in [0.717, 1.165) is 38.0 Å². The molecule has 0 radical (unpaired) electrons. The summed E-state index contributed by atoms with van der Waals surface area (Å²) in [7, 11) is -4.65. The monoisotopic (exact) mass is 772 g/mol. The largest absolute Gasteiger partial charge is 0.472 e. The van der Waals surface area contributed by atoms with E-state index in [-0.39, 0.29) is 19.4 Å². The molecule has 0 amide bonds. The molecule has 12 heteroatoms. The number of carbonyl (C=O) groups excluding carboxylic acids is 2. The third-order valence-corrected chi connectivity index (χ3v) is 9.56. The fraction of sp³-hybridized carbons (Fsp3) is 0.756. The maximum Gasteiger partial charge on any atom is 0.472 e. The first-order valence-corrected chi connectivity index (χ1v) is 21.6. The Kier molecular flexibility index (Phi) is 34.2. The second-order valence-electron chi connectivity index (χ2n) is 13.8. The minimum atomic E-state index is -4.65. The summed E-state index contributed by atoms with van der Waals surface area (Å²) in [4.78, 5) is 34.9. The molecule has 5 atom stereocenters. The van der Waals surface area contributed by atoms with Gasteiger partial charge in [-0.2, -0.15) is 0 Å². The van der Waals surface area contributed by atoms with Crippen LogP contribution in [0.2, 0.25) is 0 Å². The fourth-order valence-electron chi connectivity index (χ4n) is 5.04. The summed E-state index contributed by atoms with van der Waals surface area (Å²) >= 11 is 0. The van der Waals surface area contributed by atoms with E-state index in [1.54, 1.807) is 18.2 Å². The van der Waals surface area contributed by atoms with E-state index in [1.165, 1.54) is 57.8 Å². The molecule has 11 nitrogen and oxygen atoms in total. The highest BCUT2D eigenvalue weighted by atomic mass is 31.2. The zero-order valence-electron chi connectivity index (χ0n) is 33.0. The molecule has 0 saturated heterocycles. The lowest BCUT2D eigenvalue weighted by Crippen LogP contribution is -2.29. The van der Waals surface area contributed by atoms with Crippen LogP contribution in [0.15, 0.2) is 48.6 Å². The number of allylic oxidation sites excluding steroid dienone is 6. The maximum atomic E-state index is 12.6. The summed E-state index contributed by atoms with van der Waals surface area (Å²) in [5.74, 6) is -0.257. The van der Waals surface area contributed by atoms with Crippen LogP contribution in [0.25, 0.3) is 0 Å². The molecule has 0 aliphatic carbocycles. The first-order valence-electron chi connectivity index (χ1n) is 20.1. The second-order valence-corrected chi connectivity index (χ2v) is 15.2. The van der Waals surface area contributed by atoms with Crippen LogP contribution in [-0.2, 0) is 32.7 Å². The molecule has 0 fully saturated rings. The van der Waals surface area contributed by atoms with E-state index in [0.29, 0.717) is 25.7 Å².